The fourth-order valence-electron chi connectivity index (χ4n) is 3.39. The number of amides is 1. The summed E-state index contributed by atoms with van der Waals surface area (Å²) in [4.78, 5) is 26.7. The van der Waals surface area contributed by atoms with Crippen LogP contribution in [0.2, 0.25) is 0 Å². The van der Waals surface area contributed by atoms with E-state index >= 15 is 0 Å². The fraction of sp³-hybridized carbons (Fsp3) is 0.500. The van der Waals surface area contributed by atoms with E-state index in [0.29, 0.717) is 24.7 Å². The van der Waals surface area contributed by atoms with Gasteiger partial charge in [0.2, 0.25) is 5.91 Å². The highest BCUT2D eigenvalue weighted by Gasteiger charge is 2.33. The van der Waals surface area contributed by atoms with Crippen molar-refractivity contribution in [3.05, 3.63) is 35.7 Å². The van der Waals surface area contributed by atoms with Crippen LogP contribution < -0.4 is 0 Å². The van der Waals surface area contributed by atoms with Gasteiger partial charge >= 0.3 is 5.97 Å². The molecule has 8 heteroatoms. The zero-order valence-corrected chi connectivity index (χ0v) is 17.4. The number of aryl methyl sites for hydroxylation is 2. The first-order valence-corrected chi connectivity index (χ1v) is 10.6. The Morgan fingerprint density at radius 1 is 1.29 bits per heavy atom. The van der Waals surface area contributed by atoms with Crippen molar-refractivity contribution >= 4 is 23.6 Å². The van der Waals surface area contributed by atoms with Crippen LogP contribution in [0.1, 0.15) is 37.3 Å². The summed E-state index contributed by atoms with van der Waals surface area (Å²) in [7, 11) is 0. The van der Waals surface area contributed by atoms with Crippen LogP contribution in [0.5, 0.6) is 0 Å². The van der Waals surface area contributed by atoms with Crippen molar-refractivity contribution in [3.63, 3.8) is 0 Å². The Balaban J connectivity index is 1.70. The number of benzene rings is 1. The third kappa shape index (κ3) is 4.55. The van der Waals surface area contributed by atoms with Crippen molar-refractivity contribution in [3.8, 4) is 5.69 Å². The summed E-state index contributed by atoms with van der Waals surface area (Å²) in [5.41, 5.74) is 3.26. The lowest BCUT2D eigenvalue weighted by atomic mass is 10.0. The maximum absolute atomic E-state index is 12.8. The van der Waals surface area contributed by atoms with Gasteiger partial charge in [-0.05, 0) is 57.2 Å². The summed E-state index contributed by atoms with van der Waals surface area (Å²) in [6.07, 6.45) is 4.16. The van der Waals surface area contributed by atoms with Gasteiger partial charge in [-0.15, -0.1) is 10.2 Å². The van der Waals surface area contributed by atoms with E-state index < -0.39 is 6.04 Å². The van der Waals surface area contributed by atoms with Crippen LogP contribution in [0.4, 0.5) is 0 Å². The number of hydrogen-bond donors (Lipinski definition) is 0. The first kappa shape index (κ1) is 20.4. The van der Waals surface area contributed by atoms with Gasteiger partial charge in [-0.1, -0.05) is 23.9 Å². The molecule has 150 valence electrons. The zero-order chi connectivity index (χ0) is 20.1. The Hall–Kier alpha value is -2.35. The second-order valence-corrected chi connectivity index (χ2v) is 7.86. The number of carbonyl (C=O) groups excluding carboxylic acids is 2. The highest BCUT2D eigenvalue weighted by Crippen LogP contribution is 2.25. The van der Waals surface area contributed by atoms with Gasteiger partial charge in [-0.2, -0.15) is 0 Å². The molecule has 2 heterocycles. The highest BCUT2D eigenvalue weighted by atomic mass is 32.2. The number of rotatable bonds is 6. The molecule has 1 atom stereocenters. The van der Waals surface area contributed by atoms with E-state index in [1.165, 1.54) is 11.8 Å². The first-order chi connectivity index (χ1) is 13.5. The summed E-state index contributed by atoms with van der Waals surface area (Å²) in [5, 5.41) is 8.86. The molecule has 7 nitrogen and oxygen atoms in total. The normalized spacial score (nSPS) is 16.8. The Morgan fingerprint density at radius 3 is 2.89 bits per heavy atom. The maximum Gasteiger partial charge on any atom is 0.328 e. The predicted octanol–water partition coefficient (Wildman–Crippen LogP) is 2.92. The summed E-state index contributed by atoms with van der Waals surface area (Å²) >= 11 is 1.34. The van der Waals surface area contributed by atoms with Crippen LogP contribution in [0, 0.1) is 13.8 Å². The summed E-state index contributed by atoms with van der Waals surface area (Å²) in [5.74, 6) is -0.170. The molecule has 0 unspecified atom stereocenters. The van der Waals surface area contributed by atoms with E-state index in [1.807, 2.05) is 18.4 Å². The lowest BCUT2D eigenvalue weighted by Gasteiger charge is -2.33. The molecule has 0 bridgehead atoms. The lowest BCUT2D eigenvalue weighted by molar-refractivity contribution is -0.155. The molecule has 3 rings (SSSR count). The fourth-order valence-corrected chi connectivity index (χ4v) is 4.20. The van der Waals surface area contributed by atoms with Crippen molar-refractivity contribution in [1.82, 2.24) is 19.7 Å². The average molecular weight is 403 g/mol. The van der Waals surface area contributed by atoms with Crippen molar-refractivity contribution in [2.24, 2.45) is 0 Å². The van der Waals surface area contributed by atoms with Crippen molar-refractivity contribution in [2.75, 3.05) is 18.9 Å². The molecule has 1 saturated heterocycles. The largest absolute Gasteiger partial charge is 0.464 e. The van der Waals surface area contributed by atoms with Crippen molar-refractivity contribution in [2.45, 2.75) is 51.2 Å². The van der Waals surface area contributed by atoms with E-state index in [9.17, 15) is 9.59 Å². The molecule has 2 aromatic rings. The third-order valence-electron chi connectivity index (χ3n) is 4.85. The molecule has 0 saturated carbocycles. The second-order valence-electron chi connectivity index (χ2n) is 6.91. The number of likely N-dealkylation sites (tertiary alicyclic amines) is 1. The summed E-state index contributed by atoms with van der Waals surface area (Å²) < 4.78 is 7.05. The monoisotopic (exact) mass is 402 g/mol. The number of thioether (sulfide) groups is 1. The minimum absolute atomic E-state index is 0.0710. The third-order valence-corrected chi connectivity index (χ3v) is 5.78. The second kappa shape index (κ2) is 9.23. The smallest absolute Gasteiger partial charge is 0.328 e. The molecule has 1 fully saturated rings. The van der Waals surface area contributed by atoms with E-state index in [4.69, 9.17) is 4.74 Å². The standard InChI is InChI=1S/C20H26N4O3S/c1-4-27-19(26)16-7-5-6-10-23(16)18(25)12-28-20-22-21-13-24(20)17-11-14(2)8-9-15(17)3/h8-9,11,13,16H,4-7,10,12H2,1-3H3/t16-/m1/s1. The molecule has 1 aliphatic heterocycles. The van der Waals surface area contributed by atoms with E-state index in [0.717, 1.165) is 29.7 Å². The quantitative estimate of drug-likeness (QED) is 0.546. The average Bonchev–Trinajstić information content (AvgIpc) is 3.16. The van der Waals surface area contributed by atoms with E-state index in [1.54, 1.807) is 18.2 Å². The van der Waals surface area contributed by atoms with Crippen LogP contribution in [0.15, 0.2) is 29.7 Å². The number of ether oxygens (including phenoxy) is 1. The Morgan fingerprint density at radius 2 is 2.11 bits per heavy atom. The van der Waals surface area contributed by atoms with E-state index in [2.05, 4.69) is 28.4 Å². The number of hydrogen-bond acceptors (Lipinski definition) is 6. The zero-order valence-electron chi connectivity index (χ0n) is 16.6. The summed E-state index contributed by atoms with van der Waals surface area (Å²) in [6, 6.07) is 5.72. The number of piperidine rings is 1. The Labute approximate surface area is 169 Å². The summed E-state index contributed by atoms with van der Waals surface area (Å²) in [6.45, 7) is 6.77. The molecular formula is C20H26N4O3S. The highest BCUT2D eigenvalue weighted by molar-refractivity contribution is 7.99. The van der Waals surface area contributed by atoms with Crippen LogP contribution in [0.25, 0.3) is 5.69 Å². The number of esters is 1. The van der Waals surface area contributed by atoms with Crippen LogP contribution >= 0.6 is 11.8 Å². The van der Waals surface area contributed by atoms with Gasteiger partial charge in [0.15, 0.2) is 5.16 Å². The Kier molecular flexibility index (Phi) is 6.72. The minimum Gasteiger partial charge on any atom is -0.464 e. The molecule has 1 amide bonds. The van der Waals surface area contributed by atoms with Crippen LogP contribution in [0.3, 0.4) is 0 Å². The van der Waals surface area contributed by atoms with Gasteiger partial charge in [-0.3, -0.25) is 9.36 Å². The predicted molar refractivity (Wildman–Crippen MR) is 108 cm³/mol. The topological polar surface area (TPSA) is 77.3 Å². The van der Waals surface area contributed by atoms with Crippen LogP contribution in [-0.4, -0.2) is 56.5 Å². The van der Waals surface area contributed by atoms with Gasteiger partial charge < -0.3 is 9.64 Å². The van der Waals surface area contributed by atoms with Crippen LogP contribution in [-0.2, 0) is 14.3 Å². The Bertz CT molecular complexity index is 852. The molecule has 28 heavy (non-hydrogen) atoms. The number of nitrogens with zero attached hydrogens (tertiary/aromatic N) is 4. The molecule has 0 spiro atoms. The van der Waals surface area contributed by atoms with Crippen molar-refractivity contribution < 1.29 is 14.3 Å². The molecular weight excluding hydrogens is 376 g/mol. The van der Waals surface area contributed by atoms with E-state index in [-0.39, 0.29) is 17.6 Å². The molecule has 1 aromatic heterocycles. The number of carbonyl (C=O) groups is 2. The molecule has 1 aliphatic rings. The van der Waals surface area contributed by atoms with Gasteiger partial charge in [0.25, 0.3) is 0 Å². The van der Waals surface area contributed by atoms with Gasteiger partial charge in [0, 0.05) is 6.54 Å². The van der Waals surface area contributed by atoms with Crippen molar-refractivity contribution in [1.29, 1.82) is 0 Å². The van der Waals surface area contributed by atoms with Gasteiger partial charge in [0.05, 0.1) is 18.0 Å². The maximum atomic E-state index is 12.8. The van der Waals surface area contributed by atoms with Gasteiger partial charge in [-0.25, -0.2) is 4.79 Å². The molecule has 0 radical (unpaired) electrons. The molecule has 0 N–H and O–H groups in total. The van der Waals surface area contributed by atoms with Gasteiger partial charge in [0.1, 0.15) is 12.4 Å². The molecule has 1 aromatic carbocycles. The molecule has 0 aliphatic carbocycles. The number of aromatic nitrogens is 3. The lowest BCUT2D eigenvalue weighted by Crippen LogP contribution is -2.49. The first-order valence-electron chi connectivity index (χ1n) is 9.57. The SMILES string of the molecule is CCOC(=O)[C@H]1CCCCN1C(=O)CSc1nncn1-c1cc(C)ccc1C. The minimum atomic E-state index is -0.473.